The van der Waals surface area contributed by atoms with E-state index >= 15 is 0 Å². The van der Waals surface area contributed by atoms with Gasteiger partial charge in [0.1, 0.15) is 6.04 Å². The molecule has 0 fully saturated rings. The van der Waals surface area contributed by atoms with Gasteiger partial charge in [0.25, 0.3) is 0 Å². The molecule has 0 unspecified atom stereocenters. The van der Waals surface area contributed by atoms with Crippen molar-refractivity contribution in [2.75, 3.05) is 5.32 Å². The van der Waals surface area contributed by atoms with Crippen LogP contribution in [0.1, 0.15) is 40.2 Å². The molecule has 0 saturated heterocycles. The van der Waals surface area contributed by atoms with Gasteiger partial charge in [-0.15, -0.1) is 0 Å². The van der Waals surface area contributed by atoms with Crippen molar-refractivity contribution in [3.8, 4) is 0 Å². The van der Waals surface area contributed by atoms with E-state index in [4.69, 9.17) is 11.6 Å². The molecular formula is C16H22ClF3N2O. The zero-order valence-electron chi connectivity index (χ0n) is 13.8. The number of alkyl halides is 3. The average Bonchev–Trinajstić information content (AvgIpc) is 2.33. The summed E-state index contributed by atoms with van der Waals surface area (Å²) in [5.41, 5.74) is -0.939. The first-order valence-electron chi connectivity index (χ1n) is 7.26. The van der Waals surface area contributed by atoms with Crippen LogP contribution in [0.3, 0.4) is 0 Å². The topological polar surface area (TPSA) is 41.1 Å². The fourth-order valence-electron chi connectivity index (χ4n) is 1.96. The van der Waals surface area contributed by atoms with E-state index in [1.165, 1.54) is 6.07 Å². The van der Waals surface area contributed by atoms with Crippen LogP contribution in [0.5, 0.6) is 0 Å². The molecule has 23 heavy (non-hydrogen) atoms. The maximum Gasteiger partial charge on any atom is 0.416 e. The van der Waals surface area contributed by atoms with Gasteiger partial charge in [-0.3, -0.25) is 4.79 Å². The van der Waals surface area contributed by atoms with Gasteiger partial charge >= 0.3 is 6.18 Å². The van der Waals surface area contributed by atoms with Crippen LogP contribution in [0.4, 0.5) is 18.9 Å². The Bertz CT molecular complexity index is 565. The van der Waals surface area contributed by atoms with Gasteiger partial charge in [0.15, 0.2) is 0 Å². The summed E-state index contributed by atoms with van der Waals surface area (Å²) in [6.45, 7) is 9.25. The van der Waals surface area contributed by atoms with Gasteiger partial charge in [0, 0.05) is 5.54 Å². The molecule has 7 heteroatoms. The normalized spacial score (nSPS) is 13.8. The Balaban J connectivity index is 3.00. The standard InChI is InChI=1S/C16H22ClF3N2O/c1-9(2)13(14(23)22-15(3,4)5)21-12-7-6-10(8-11(12)17)16(18,19)20/h6-9,13,21H,1-5H3,(H,22,23)/t13-/m0/s1. The Hall–Kier alpha value is -1.43. The zero-order valence-corrected chi connectivity index (χ0v) is 14.6. The van der Waals surface area contributed by atoms with Crippen LogP contribution in [0.2, 0.25) is 5.02 Å². The van der Waals surface area contributed by atoms with Crippen molar-refractivity contribution in [1.29, 1.82) is 0 Å². The monoisotopic (exact) mass is 350 g/mol. The molecule has 3 nitrogen and oxygen atoms in total. The van der Waals surface area contributed by atoms with Crippen molar-refractivity contribution >= 4 is 23.2 Å². The lowest BCUT2D eigenvalue weighted by Crippen LogP contribution is -2.50. The Kier molecular flexibility index (Phi) is 5.96. The number of rotatable bonds is 4. The molecule has 0 aliphatic rings. The van der Waals surface area contributed by atoms with Crippen LogP contribution >= 0.6 is 11.6 Å². The average molecular weight is 351 g/mol. The predicted molar refractivity (Wildman–Crippen MR) is 86.6 cm³/mol. The number of carbonyl (C=O) groups is 1. The smallest absolute Gasteiger partial charge is 0.372 e. The van der Waals surface area contributed by atoms with Gasteiger partial charge in [-0.2, -0.15) is 13.2 Å². The zero-order chi connectivity index (χ0) is 18.0. The number of anilines is 1. The maximum absolute atomic E-state index is 12.7. The summed E-state index contributed by atoms with van der Waals surface area (Å²) >= 11 is 5.93. The molecule has 2 N–H and O–H groups in total. The number of benzene rings is 1. The van der Waals surface area contributed by atoms with Crippen molar-refractivity contribution in [1.82, 2.24) is 5.32 Å². The number of amides is 1. The third-order valence-corrected chi connectivity index (χ3v) is 3.37. The van der Waals surface area contributed by atoms with Gasteiger partial charge in [0.05, 0.1) is 16.3 Å². The summed E-state index contributed by atoms with van der Waals surface area (Å²) in [5, 5.41) is 5.71. The highest BCUT2D eigenvalue weighted by Gasteiger charge is 2.31. The Morgan fingerprint density at radius 3 is 2.13 bits per heavy atom. The van der Waals surface area contributed by atoms with Crippen LogP contribution in [0, 0.1) is 5.92 Å². The third-order valence-electron chi connectivity index (χ3n) is 3.05. The van der Waals surface area contributed by atoms with E-state index in [0.717, 1.165) is 12.1 Å². The van der Waals surface area contributed by atoms with E-state index < -0.39 is 23.3 Å². The molecule has 1 amide bonds. The number of hydrogen-bond acceptors (Lipinski definition) is 2. The van der Waals surface area contributed by atoms with E-state index in [1.807, 2.05) is 34.6 Å². The third kappa shape index (κ3) is 5.94. The van der Waals surface area contributed by atoms with E-state index in [2.05, 4.69) is 10.6 Å². The number of nitrogens with one attached hydrogen (secondary N) is 2. The summed E-state index contributed by atoms with van der Waals surface area (Å²) in [6, 6.07) is 2.42. The van der Waals surface area contributed by atoms with Crippen molar-refractivity contribution in [2.24, 2.45) is 5.92 Å². The Labute approximate surface area is 139 Å². The molecule has 0 heterocycles. The second-order valence-corrected chi connectivity index (χ2v) is 7.20. The second kappa shape index (κ2) is 6.99. The van der Waals surface area contributed by atoms with Crippen LogP contribution in [-0.2, 0) is 11.0 Å². The SMILES string of the molecule is CC(C)[C@H](Nc1ccc(C(F)(F)F)cc1Cl)C(=O)NC(C)(C)C. The van der Waals surface area contributed by atoms with E-state index in [1.54, 1.807) is 0 Å². The fraction of sp³-hybridized carbons (Fsp3) is 0.562. The van der Waals surface area contributed by atoms with Crippen LogP contribution in [0.25, 0.3) is 0 Å². The first-order valence-corrected chi connectivity index (χ1v) is 7.64. The highest BCUT2D eigenvalue weighted by Crippen LogP contribution is 2.34. The highest BCUT2D eigenvalue weighted by atomic mass is 35.5. The summed E-state index contributed by atoms with van der Waals surface area (Å²) in [4.78, 5) is 12.3. The minimum Gasteiger partial charge on any atom is -0.372 e. The highest BCUT2D eigenvalue weighted by molar-refractivity contribution is 6.33. The Morgan fingerprint density at radius 2 is 1.74 bits per heavy atom. The van der Waals surface area contributed by atoms with Crippen LogP contribution in [0.15, 0.2) is 18.2 Å². The molecule has 0 saturated carbocycles. The molecule has 1 aromatic carbocycles. The minimum atomic E-state index is -4.46. The van der Waals surface area contributed by atoms with Gasteiger partial charge in [-0.25, -0.2) is 0 Å². The van der Waals surface area contributed by atoms with Crippen LogP contribution in [-0.4, -0.2) is 17.5 Å². The van der Waals surface area contributed by atoms with E-state index in [9.17, 15) is 18.0 Å². The number of hydrogen-bond donors (Lipinski definition) is 2. The summed E-state index contributed by atoms with van der Waals surface area (Å²) in [6.07, 6.45) is -4.46. The van der Waals surface area contributed by atoms with E-state index in [-0.39, 0.29) is 16.8 Å². The van der Waals surface area contributed by atoms with Crippen molar-refractivity contribution in [3.63, 3.8) is 0 Å². The summed E-state index contributed by atoms with van der Waals surface area (Å²) < 4.78 is 38.0. The molecule has 0 aliphatic heterocycles. The predicted octanol–water partition coefficient (Wildman–Crippen LogP) is 4.71. The molecule has 130 valence electrons. The quantitative estimate of drug-likeness (QED) is 0.825. The maximum atomic E-state index is 12.7. The number of carbonyl (C=O) groups excluding carboxylic acids is 1. The lowest BCUT2D eigenvalue weighted by Gasteiger charge is -2.28. The minimum absolute atomic E-state index is 0.0734. The first-order chi connectivity index (χ1) is 10.3. The molecule has 0 spiro atoms. The van der Waals surface area contributed by atoms with Gasteiger partial charge in [-0.1, -0.05) is 25.4 Å². The van der Waals surface area contributed by atoms with Crippen molar-refractivity contribution in [2.45, 2.75) is 52.4 Å². The molecule has 1 rings (SSSR count). The molecular weight excluding hydrogens is 329 g/mol. The lowest BCUT2D eigenvalue weighted by molar-refractivity contribution is -0.137. The fourth-order valence-corrected chi connectivity index (χ4v) is 2.19. The lowest BCUT2D eigenvalue weighted by atomic mass is 10.0. The van der Waals surface area contributed by atoms with Gasteiger partial charge in [0.2, 0.25) is 5.91 Å². The summed E-state index contributed by atoms with van der Waals surface area (Å²) in [5.74, 6) is -0.306. The van der Waals surface area contributed by atoms with Crippen molar-refractivity contribution < 1.29 is 18.0 Å². The first kappa shape index (κ1) is 19.6. The molecule has 1 atom stereocenters. The van der Waals surface area contributed by atoms with Crippen molar-refractivity contribution in [3.05, 3.63) is 28.8 Å². The van der Waals surface area contributed by atoms with E-state index in [0.29, 0.717) is 5.69 Å². The second-order valence-electron chi connectivity index (χ2n) is 6.80. The molecule has 1 aromatic rings. The Morgan fingerprint density at radius 1 is 1.17 bits per heavy atom. The van der Waals surface area contributed by atoms with Crippen LogP contribution < -0.4 is 10.6 Å². The molecule has 0 radical (unpaired) electrons. The largest absolute Gasteiger partial charge is 0.416 e. The molecule has 0 bridgehead atoms. The van der Waals surface area contributed by atoms with Gasteiger partial charge < -0.3 is 10.6 Å². The number of halogens is 4. The molecule has 0 aliphatic carbocycles. The molecule has 0 aromatic heterocycles. The summed E-state index contributed by atoms with van der Waals surface area (Å²) in [7, 11) is 0. The van der Waals surface area contributed by atoms with Gasteiger partial charge in [-0.05, 0) is 44.9 Å².